The van der Waals surface area contributed by atoms with E-state index < -0.39 is 0 Å². The summed E-state index contributed by atoms with van der Waals surface area (Å²) in [6, 6.07) is 9.91. The van der Waals surface area contributed by atoms with E-state index in [9.17, 15) is 4.79 Å². The molecule has 31 heavy (non-hydrogen) atoms. The third-order valence-corrected chi connectivity index (χ3v) is 5.45. The quantitative estimate of drug-likeness (QED) is 0.543. The van der Waals surface area contributed by atoms with Crippen LogP contribution in [0, 0.1) is 11.3 Å². The summed E-state index contributed by atoms with van der Waals surface area (Å²) >= 11 is 0. The average Bonchev–Trinajstić information content (AvgIpc) is 3.24. The van der Waals surface area contributed by atoms with E-state index in [0.29, 0.717) is 25.3 Å². The summed E-state index contributed by atoms with van der Waals surface area (Å²) in [6.07, 6.45) is 3.27. The molecular formula is C23H32N5O3+. The number of nitriles is 1. The van der Waals surface area contributed by atoms with E-state index in [4.69, 9.17) is 14.7 Å². The molecule has 0 spiro atoms. The molecule has 0 radical (unpaired) electrons. The van der Waals surface area contributed by atoms with Crippen LogP contribution < -0.4 is 0 Å². The molecule has 1 N–H and O–H groups in total. The Balaban J connectivity index is 1.60. The molecule has 1 aromatic carbocycles. The van der Waals surface area contributed by atoms with Crippen molar-refractivity contribution in [2.24, 2.45) is 0 Å². The third-order valence-electron chi connectivity index (χ3n) is 5.45. The standard InChI is InChI=1S/C23H32N5O3/c1-23(2,3)31-13-12-30-22(29)27-8-10-28(11-9-27,17-21-15-25-18-26-21)16-20-6-4-19(14-24)5-7-20/h4-7,15,18H,8-13,16-17H2,1-3H3,(H,25,26)/q+1. The first-order chi connectivity index (χ1) is 14.8. The minimum Gasteiger partial charge on any atom is -0.447 e. The number of piperazine rings is 1. The van der Waals surface area contributed by atoms with Gasteiger partial charge in [-0.25, -0.2) is 9.78 Å². The number of amides is 1. The van der Waals surface area contributed by atoms with E-state index >= 15 is 0 Å². The molecule has 8 nitrogen and oxygen atoms in total. The number of carbonyl (C=O) groups excluding carboxylic acids is 1. The van der Waals surface area contributed by atoms with Crippen LogP contribution in [0.2, 0.25) is 0 Å². The van der Waals surface area contributed by atoms with Crippen molar-refractivity contribution in [1.82, 2.24) is 14.9 Å². The number of ether oxygens (including phenoxy) is 2. The van der Waals surface area contributed by atoms with Crippen molar-refractivity contribution in [1.29, 1.82) is 5.26 Å². The molecule has 1 aliphatic heterocycles. The lowest BCUT2D eigenvalue weighted by molar-refractivity contribution is -0.957. The predicted octanol–water partition coefficient (Wildman–Crippen LogP) is 3.07. The van der Waals surface area contributed by atoms with Gasteiger partial charge in [-0.2, -0.15) is 5.26 Å². The lowest BCUT2D eigenvalue weighted by atomic mass is 10.1. The summed E-state index contributed by atoms with van der Waals surface area (Å²) in [5.41, 5.74) is 2.66. The van der Waals surface area contributed by atoms with Crippen molar-refractivity contribution in [3.8, 4) is 6.07 Å². The SMILES string of the molecule is CC(C)(C)OCCOC(=O)N1CC[N+](Cc2ccc(C#N)cc2)(Cc2cnc[nH]2)CC1. The summed E-state index contributed by atoms with van der Waals surface area (Å²) in [5, 5.41) is 9.05. The second-order valence-electron chi connectivity index (χ2n) is 9.05. The monoisotopic (exact) mass is 426 g/mol. The first-order valence-electron chi connectivity index (χ1n) is 10.7. The number of imidazole rings is 1. The Morgan fingerprint density at radius 2 is 1.90 bits per heavy atom. The molecule has 2 aromatic rings. The van der Waals surface area contributed by atoms with Gasteiger partial charge in [0.05, 0.1) is 68.2 Å². The molecule has 0 saturated carbocycles. The van der Waals surface area contributed by atoms with Crippen LogP contribution in [0.25, 0.3) is 0 Å². The number of carbonyl (C=O) groups is 1. The Morgan fingerprint density at radius 1 is 1.19 bits per heavy atom. The minimum absolute atomic E-state index is 0.243. The molecule has 1 aliphatic rings. The van der Waals surface area contributed by atoms with Gasteiger partial charge in [0.1, 0.15) is 19.7 Å². The highest BCUT2D eigenvalue weighted by molar-refractivity contribution is 5.67. The van der Waals surface area contributed by atoms with Crippen molar-refractivity contribution in [2.45, 2.75) is 39.5 Å². The number of H-pyrrole nitrogens is 1. The number of nitrogens with one attached hydrogen (secondary N) is 1. The Hall–Kier alpha value is -2.89. The average molecular weight is 427 g/mol. The number of hydrogen-bond acceptors (Lipinski definition) is 5. The summed E-state index contributed by atoms with van der Waals surface area (Å²) in [5.74, 6) is 0. The lowest BCUT2D eigenvalue weighted by Gasteiger charge is -2.44. The summed E-state index contributed by atoms with van der Waals surface area (Å²) < 4.78 is 11.8. The van der Waals surface area contributed by atoms with Gasteiger partial charge in [-0.1, -0.05) is 12.1 Å². The molecule has 0 atom stereocenters. The van der Waals surface area contributed by atoms with Crippen molar-refractivity contribution >= 4 is 6.09 Å². The molecule has 0 unspecified atom stereocenters. The van der Waals surface area contributed by atoms with E-state index in [1.54, 1.807) is 11.2 Å². The van der Waals surface area contributed by atoms with Crippen molar-refractivity contribution in [3.63, 3.8) is 0 Å². The van der Waals surface area contributed by atoms with Crippen LogP contribution in [0.3, 0.4) is 0 Å². The van der Waals surface area contributed by atoms with Crippen LogP contribution in [-0.2, 0) is 22.6 Å². The smallest absolute Gasteiger partial charge is 0.410 e. The molecule has 3 rings (SSSR count). The third kappa shape index (κ3) is 6.81. The topological polar surface area (TPSA) is 91.2 Å². The molecule has 1 saturated heterocycles. The van der Waals surface area contributed by atoms with Crippen LogP contribution >= 0.6 is 0 Å². The Kier molecular flexibility index (Phi) is 7.31. The fourth-order valence-electron chi connectivity index (χ4n) is 3.82. The second kappa shape index (κ2) is 9.94. The van der Waals surface area contributed by atoms with Crippen LogP contribution in [-0.4, -0.2) is 70.4 Å². The largest absolute Gasteiger partial charge is 0.447 e. The summed E-state index contributed by atoms with van der Waals surface area (Å²) in [6.45, 7) is 11.1. The number of aromatic nitrogens is 2. The minimum atomic E-state index is -0.282. The zero-order valence-corrected chi connectivity index (χ0v) is 18.6. The summed E-state index contributed by atoms with van der Waals surface area (Å²) in [4.78, 5) is 21.6. The highest BCUT2D eigenvalue weighted by Gasteiger charge is 2.36. The van der Waals surface area contributed by atoms with Gasteiger partial charge in [-0.15, -0.1) is 0 Å². The second-order valence-corrected chi connectivity index (χ2v) is 9.05. The fourth-order valence-corrected chi connectivity index (χ4v) is 3.82. The molecule has 0 aliphatic carbocycles. The maximum atomic E-state index is 12.5. The zero-order valence-electron chi connectivity index (χ0n) is 18.6. The molecule has 8 heteroatoms. The number of quaternary nitrogens is 1. The van der Waals surface area contributed by atoms with Crippen molar-refractivity contribution in [3.05, 3.63) is 53.6 Å². The zero-order chi connectivity index (χ0) is 22.3. The molecule has 1 amide bonds. The van der Waals surface area contributed by atoms with E-state index in [-0.39, 0.29) is 18.3 Å². The Bertz CT molecular complexity index is 873. The molecule has 166 valence electrons. The van der Waals surface area contributed by atoms with Gasteiger partial charge in [0.15, 0.2) is 0 Å². The van der Waals surface area contributed by atoms with Gasteiger partial charge in [-0.05, 0) is 32.9 Å². The van der Waals surface area contributed by atoms with Crippen molar-refractivity contribution in [2.75, 3.05) is 39.4 Å². The number of rotatable bonds is 7. The lowest BCUT2D eigenvalue weighted by Crippen LogP contribution is -2.59. The van der Waals surface area contributed by atoms with Gasteiger partial charge < -0.3 is 18.9 Å². The predicted molar refractivity (Wildman–Crippen MR) is 116 cm³/mol. The molecule has 0 bridgehead atoms. The molecule has 1 fully saturated rings. The van der Waals surface area contributed by atoms with Crippen LogP contribution in [0.15, 0.2) is 36.8 Å². The van der Waals surface area contributed by atoms with Gasteiger partial charge in [-0.3, -0.25) is 4.90 Å². The first-order valence-corrected chi connectivity index (χ1v) is 10.7. The van der Waals surface area contributed by atoms with E-state index in [1.165, 1.54) is 5.56 Å². The van der Waals surface area contributed by atoms with Gasteiger partial charge in [0.25, 0.3) is 0 Å². The van der Waals surface area contributed by atoms with Gasteiger partial charge in [0, 0.05) is 5.56 Å². The number of aromatic amines is 1. The van der Waals surface area contributed by atoms with E-state index in [2.05, 4.69) is 16.0 Å². The highest BCUT2D eigenvalue weighted by Crippen LogP contribution is 2.23. The summed E-state index contributed by atoms with van der Waals surface area (Å²) in [7, 11) is 0. The highest BCUT2D eigenvalue weighted by atomic mass is 16.6. The number of nitrogens with zero attached hydrogens (tertiary/aromatic N) is 4. The normalized spacial score (nSPS) is 16.0. The van der Waals surface area contributed by atoms with Crippen LogP contribution in [0.5, 0.6) is 0 Å². The van der Waals surface area contributed by atoms with Gasteiger partial charge in [0.2, 0.25) is 0 Å². The van der Waals surface area contributed by atoms with E-state index in [1.807, 2.05) is 51.2 Å². The van der Waals surface area contributed by atoms with Gasteiger partial charge >= 0.3 is 6.09 Å². The molecule has 1 aromatic heterocycles. The molecular weight excluding hydrogens is 394 g/mol. The van der Waals surface area contributed by atoms with Crippen LogP contribution in [0.4, 0.5) is 4.79 Å². The maximum Gasteiger partial charge on any atom is 0.410 e. The van der Waals surface area contributed by atoms with Crippen LogP contribution in [0.1, 0.15) is 37.6 Å². The van der Waals surface area contributed by atoms with E-state index in [0.717, 1.165) is 36.4 Å². The number of hydrogen-bond donors (Lipinski definition) is 1. The number of benzene rings is 1. The molecule has 2 heterocycles. The first kappa shape index (κ1) is 22.8. The maximum absolute atomic E-state index is 12.5. The Labute approximate surface area is 184 Å². The Morgan fingerprint density at radius 3 is 2.48 bits per heavy atom. The fraction of sp³-hybridized carbons (Fsp3) is 0.522. The van der Waals surface area contributed by atoms with Crippen molar-refractivity contribution < 1.29 is 18.8 Å².